The molecule has 2 aromatic carbocycles. The number of rotatable bonds is 6. The molecule has 0 aliphatic rings. The zero-order valence-corrected chi connectivity index (χ0v) is 13.7. The maximum absolute atomic E-state index is 12.1. The van der Waals surface area contributed by atoms with Crippen LogP contribution >= 0.6 is 11.6 Å². The molecule has 2 aromatic rings. The number of amides is 1. The summed E-state index contributed by atoms with van der Waals surface area (Å²) in [6.07, 6.45) is 0. The predicted octanol–water partition coefficient (Wildman–Crippen LogP) is 3.37. The molecule has 0 aliphatic heterocycles. The smallest absolute Gasteiger partial charge is 0.249 e. The number of carbonyl (C=O) groups is 2. The van der Waals surface area contributed by atoms with Crippen molar-refractivity contribution < 1.29 is 14.3 Å². The number of ether oxygens (including phenoxy) is 1. The average Bonchev–Trinajstić information content (AvgIpc) is 2.57. The summed E-state index contributed by atoms with van der Waals surface area (Å²) in [5, 5.41) is 11.9. The molecule has 0 aliphatic carbocycles. The predicted molar refractivity (Wildman–Crippen MR) is 90.9 cm³/mol. The summed E-state index contributed by atoms with van der Waals surface area (Å²) in [6.45, 7) is 1.57. The molecule has 5 nitrogen and oxygen atoms in total. The third-order valence-corrected chi connectivity index (χ3v) is 3.58. The van der Waals surface area contributed by atoms with E-state index in [-0.39, 0.29) is 6.61 Å². The third-order valence-electron chi connectivity index (χ3n) is 3.25. The van der Waals surface area contributed by atoms with Gasteiger partial charge in [-0.15, -0.1) is 0 Å². The van der Waals surface area contributed by atoms with Gasteiger partial charge < -0.3 is 10.1 Å². The minimum atomic E-state index is -1.47. The quantitative estimate of drug-likeness (QED) is 0.816. The minimum Gasteiger partial charge on any atom is -0.486 e. The molecular weight excluding hydrogens is 328 g/mol. The van der Waals surface area contributed by atoms with E-state index >= 15 is 0 Å². The summed E-state index contributed by atoms with van der Waals surface area (Å²) in [5.74, 6) is -2.32. The van der Waals surface area contributed by atoms with Crippen molar-refractivity contribution in [1.82, 2.24) is 0 Å². The molecule has 0 heterocycles. The van der Waals surface area contributed by atoms with Crippen LogP contribution in [-0.2, 0) is 9.59 Å². The highest BCUT2D eigenvalue weighted by Crippen LogP contribution is 2.21. The van der Waals surface area contributed by atoms with E-state index in [9.17, 15) is 9.59 Å². The van der Waals surface area contributed by atoms with Crippen molar-refractivity contribution in [2.45, 2.75) is 6.92 Å². The summed E-state index contributed by atoms with van der Waals surface area (Å²) in [5.41, 5.74) is 1.40. The fraction of sp³-hybridized carbons (Fsp3) is 0.167. The molecule has 0 radical (unpaired) electrons. The van der Waals surface area contributed by atoms with Crippen LogP contribution in [0.15, 0.2) is 48.5 Å². The lowest BCUT2D eigenvalue weighted by molar-refractivity contribution is -0.130. The first-order chi connectivity index (χ1) is 11.5. The number of nitriles is 1. The van der Waals surface area contributed by atoms with Crippen molar-refractivity contribution in [1.29, 1.82) is 5.26 Å². The number of ketones is 1. The average molecular weight is 343 g/mol. The Morgan fingerprint density at radius 3 is 2.50 bits per heavy atom. The molecule has 0 fully saturated rings. The van der Waals surface area contributed by atoms with Crippen molar-refractivity contribution >= 4 is 29.0 Å². The van der Waals surface area contributed by atoms with Crippen molar-refractivity contribution in [3.63, 3.8) is 0 Å². The van der Waals surface area contributed by atoms with Gasteiger partial charge in [-0.2, -0.15) is 5.26 Å². The molecule has 1 atom stereocenters. The van der Waals surface area contributed by atoms with Crippen LogP contribution < -0.4 is 10.1 Å². The fourth-order valence-corrected chi connectivity index (χ4v) is 2.10. The van der Waals surface area contributed by atoms with E-state index in [1.165, 1.54) is 0 Å². The highest BCUT2D eigenvalue weighted by molar-refractivity contribution is 6.33. The summed E-state index contributed by atoms with van der Waals surface area (Å²) in [4.78, 5) is 24.2. The molecule has 24 heavy (non-hydrogen) atoms. The Balaban J connectivity index is 1.98. The van der Waals surface area contributed by atoms with Crippen molar-refractivity contribution in [2.75, 3.05) is 11.9 Å². The Labute approximate surface area is 144 Å². The van der Waals surface area contributed by atoms with Gasteiger partial charge in [-0.05, 0) is 31.2 Å². The lowest BCUT2D eigenvalue weighted by atomic mass is 10.1. The molecule has 122 valence electrons. The van der Waals surface area contributed by atoms with Crippen molar-refractivity contribution in [3.05, 3.63) is 59.1 Å². The molecule has 1 amide bonds. The fourth-order valence-electron chi connectivity index (χ4n) is 1.92. The van der Waals surface area contributed by atoms with E-state index in [4.69, 9.17) is 21.6 Å². The zero-order chi connectivity index (χ0) is 17.5. The van der Waals surface area contributed by atoms with Crippen LogP contribution in [0.2, 0.25) is 5.02 Å². The first-order valence-corrected chi connectivity index (χ1v) is 7.56. The summed E-state index contributed by atoms with van der Waals surface area (Å²) in [7, 11) is 0. The molecule has 0 saturated carbocycles. The van der Waals surface area contributed by atoms with Crippen LogP contribution in [0, 0.1) is 24.2 Å². The van der Waals surface area contributed by atoms with Gasteiger partial charge in [0, 0.05) is 0 Å². The summed E-state index contributed by atoms with van der Waals surface area (Å²) < 4.78 is 5.32. The topological polar surface area (TPSA) is 79.2 Å². The van der Waals surface area contributed by atoms with E-state index < -0.39 is 17.6 Å². The number of Topliss-reactive ketones (excluding diaryl/α,β-unsaturated/α-hetero) is 1. The molecule has 0 bridgehead atoms. The Morgan fingerprint density at radius 2 is 1.88 bits per heavy atom. The number of anilines is 1. The highest BCUT2D eigenvalue weighted by atomic mass is 35.5. The van der Waals surface area contributed by atoms with Gasteiger partial charge >= 0.3 is 0 Å². The largest absolute Gasteiger partial charge is 0.486 e. The number of hydrogen-bond donors (Lipinski definition) is 1. The van der Waals surface area contributed by atoms with Gasteiger partial charge in [-0.1, -0.05) is 41.4 Å². The number of nitrogens with one attached hydrogen (secondary N) is 1. The second-order valence-corrected chi connectivity index (χ2v) is 5.51. The SMILES string of the molecule is Cc1ccc(OCC(=O)C(C#N)C(=O)Nc2ccccc2Cl)cc1. The number of hydrogen-bond acceptors (Lipinski definition) is 4. The lowest BCUT2D eigenvalue weighted by Gasteiger charge is -2.11. The van der Waals surface area contributed by atoms with E-state index in [1.54, 1.807) is 42.5 Å². The Hall–Kier alpha value is -2.84. The lowest BCUT2D eigenvalue weighted by Crippen LogP contribution is -2.32. The van der Waals surface area contributed by atoms with Gasteiger partial charge in [-0.3, -0.25) is 9.59 Å². The number of para-hydroxylation sites is 1. The van der Waals surface area contributed by atoms with E-state index in [2.05, 4.69) is 5.32 Å². The zero-order valence-electron chi connectivity index (χ0n) is 13.0. The highest BCUT2D eigenvalue weighted by Gasteiger charge is 2.27. The maximum Gasteiger partial charge on any atom is 0.249 e. The van der Waals surface area contributed by atoms with Crippen LogP contribution in [0.5, 0.6) is 5.75 Å². The number of aryl methyl sites for hydroxylation is 1. The van der Waals surface area contributed by atoms with E-state index in [0.29, 0.717) is 16.5 Å². The van der Waals surface area contributed by atoms with Gasteiger partial charge in [0.15, 0.2) is 11.7 Å². The summed E-state index contributed by atoms with van der Waals surface area (Å²) in [6, 6.07) is 15.4. The van der Waals surface area contributed by atoms with E-state index in [0.717, 1.165) is 5.56 Å². The van der Waals surface area contributed by atoms with Crippen LogP contribution in [-0.4, -0.2) is 18.3 Å². The molecule has 0 spiro atoms. The molecule has 6 heteroatoms. The molecule has 1 unspecified atom stereocenters. The van der Waals surface area contributed by atoms with Crippen molar-refractivity contribution in [3.8, 4) is 11.8 Å². The second kappa shape index (κ2) is 8.14. The first-order valence-electron chi connectivity index (χ1n) is 7.18. The standard InChI is InChI=1S/C18H15ClN2O3/c1-12-6-8-13(9-7-12)24-11-17(22)14(10-20)18(23)21-16-5-3-2-4-15(16)19/h2-9,14H,11H2,1H3,(H,21,23). The Morgan fingerprint density at radius 1 is 1.21 bits per heavy atom. The number of carbonyl (C=O) groups excluding carboxylic acids is 2. The van der Waals surface area contributed by atoms with Gasteiger partial charge in [0.05, 0.1) is 16.8 Å². The molecule has 2 rings (SSSR count). The third kappa shape index (κ3) is 4.58. The molecule has 0 saturated heterocycles. The number of halogens is 1. The number of benzene rings is 2. The van der Waals surface area contributed by atoms with Crippen LogP contribution in [0.1, 0.15) is 5.56 Å². The van der Waals surface area contributed by atoms with Gasteiger partial charge in [-0.25, -0.2) is 0 Å². The van der Waals surface area contributed by atoms with Crippen molar-refractivity contribution in [2.24, 2.45) is 5.92 Å². The Kier molecular flexibility index (Phi) is 5.94. The summed E-state index contributed by atoms with van der Waals surface area (Å²) >= 11 is 5.94. The first kappa shape index (κ1) is 17.5. The second-order valence-electron chi connectivity index (χ2n) is 5.10. The Bertz CT molecular complexity index is 782. The van der Waals surface area contributed by atoms with E-state index in [1.807, 2.05) is 19.1 Å². The van der Waals surface area contributed by atoms with Gasteiger partial charge in [0.25, 0.3) is 0 Å². The van der Waals surface area contributed by atoms with Crippen LogP contribution in [0.4, 0.5) is 5.69 Å². The molecule has 0 aromatic heterocycles. The van der Waals surface area contributed by atoms with Gasteiger partial charge in [0.2, 0.25) is 5.91 Å². The maximum atomic E-state index is 12.1. The molecule has 1 N–H and O–H groups in total. The monoisotopic (exact) mass is 342 g/mol. The minimum absolute atomic E-state index is 0.325. The van der Waals surface area contributed by atoms with Crippen LogP contribution in [0.25, 0.3) is 0 Å². The number of nitrogens with zero attached hydrogens (tertiary/aromatic N) is 1. The van der Waals surface area contributed by atoms with Gasteiger partial charge in [0.1, 0.15) is 12.4 Å². The van der Waals surface area contributed by atoms with Crippen LogP contribution in [0.3, 0.4) is 0 Å². The normalized spacial score (nSPS) is 11.2. The molecular formula is C18H15ClN2O3.